The van der Waals surface area contributed by atoms with Gasteiger partial charge in [-0.05, 0) is 108 Å². The summed E-state index contributed by atoms with van der Waals surface area (Å²) in [5, 5.41) is 13.9. The molecule has 10 aromatic carbocycles. The van der Waals surface area contributed by atoms with Crippen molar-refractivity contribution in [1.82, 2.24) is 15.0 Å². The second-order valence-electron chi connectivity index (χ2n) is 15.9. The first-order chi connectivity index (χ1) is 31.6. The molecule has 0 fully saturated rings. The molecule has 4 heteroatoms. The average Bonchev–Trinajstić information content (AvgIpc) is 3.38. The molecule has 0 aliphatic heterocycles. The minimum Gasteiger partial charge on any atom is -0.208 e. The zero-order valence-corrected chi connectivity index (χ0v) is 34.7. The molecule has 0 radical (unpaired) electrons. The molecule has 0 amide bonds. The third-order valence-electron chi connectivity index (χ3n) is 12.0. The van der Waals surface area contributed by atoms with E-state index in [4.69, 9.17) is 15.0 Å². The fourth-order valence-electron chi connectivity index (χ4n) is 8.60. The fourth-order valence-corrected chi connectivity index (χ4v) is 8.60. The standard InChI is InChI=1S/C60H38N4/c61-39-40-18-20-43(21-19-40)49-30-31-51-37-53(33-32-50(51)36-49)59-62-58(48-28-24-42(25-29-48)41-10-3-1-4-11-41)63-60(64-59)57-38-52(34-35-56(57)45-12-5-2-6-13-45)44-22-26-47(27-23-44)55-17-9-15-46-14-7-8-16-54(46)55/h1-38H. The Hall–Kier alpha value is -8.78. The van der Waals surface area contributed by atoms with Gasteiger partial charge in [0.05, 0.1) is 11.6 Å². The van der Waals surface area contributed by atoms with Crippen molar-refractivity contribution >= 4 is 21.5 Å². The van der Waals surface area contributed by atoms with E-state index in [2.05, 4.69) is 200 Å². The van der Waals surface area contributed by atoms with Gasteiger partial charge in [-0.25, -0.2) is 15.0 Å². The van der Waals surface area contributed by atoms with Crippen LogP contribution >= 0.6 is 0 Å². The van der Waals surface area contributed by atoms with Gasteiger partial charge < -0.3 is 0 Å². The number of nitriles is 1. The molecule has 64 heavy (non-hydrogen) atoms. The first-order valence-corrected chi connectivity index (χ1v) is 21.4. The largest absolute Gasteiger partial charge is 0.208 e. The van der Waals surface area contributed by atoms with Crippen LogP contribution in [0.4, 0.5) is 0 Å². The van der Waals surface area contributed by atoms with Crippen LogP contribution in [-0.4, -0.2) is 15.0 Å². The monoisotopic (exact) mass is 814 g/mol. The molecule has 0 aliphatic carbocycles. The Morgan fingerprint density at radius 1 is 0.266 bits per heavy atom. The summed E-state index contributed by atoms with van der Waals surface area (Å²) in [6.45, 7) is 0. The van der Waals surface area contributed by atoms with Gasteiger partial charge in [-0.2, -0.15) is 5.26 Å². The molecule has 0 saturated heterocycles. The summed E-state index contributed by atoms with van der Waals surface area (Å²) in [4.78, 5) is 15.8. The maximum Gasteiger partial charge on any atom is 0.164 e. The van der Waals surface area contributed by atoms with Crippen molar-refractivity contribution in [2.75, 3.05) is 0 Å². The number of benzene rings is 10. The van der Waals surface area contributed by atoms with Crippen molar-refractivity contribution in [1.29, 1.82) is 5.26 Å². The normalized spacial score (nSPS) is 11.1. The Kier molecular flexibility index (Phi) is 9.89. The molecule has 1 aromatic heterocycles. The number of aromatic nitrogens is 3. The maximum absolute atomic E-state index is 9.31. The van der Waals surface area contributed by atoms with Gasteiger partial charge in [-0.15, -0.1) is 0 Å². The molecule has 0 N–H and O–H groups in total. The molecule has 4 nitrogen and oxygen atoms in total. The maximum atomic E-state index is 9.31. The lowest BCUT2D eigenvalue weighted by atomic mass is 9.93. The van der Waals surface area contributed by atoms with Crippen LogP contribution in [0.1, 0.15) is 5.56 Å². The summed E-state index contributed by atoms with van der Waals surface area (Å²) in [6, 6.07) is 82.5. The van der Waals surface area contributed by atoms with Crippen molar-refractivity contribution < 1.29 is 0 Å². The molecule has 11 rings (SSSR count). The van der Waals surface area contributed by atoms with Crippen LogP contribution in [-0.2, 0) is 0 Å². The van der Waals surface area contributed by atoms with Gasteiger partial charge in [0.25, 0.3) is 0 Å². The van der Waals surface area contributed by atoms with Crippen molar-refractivity contribution in [2.24, 2.45) is 0 Å². The molecular weight excluding hydrogens is 777 g/mol. The first kappa shape index (κ1) is 38.2. The SMILES string of the molecule is N#Cc1ccc(-c2ccc3cc(-c4nc(-c5ccc(-c6ccccc6)cc5)nc(-c5cc(-c6ccc(-c7cccc8ccccc78)cc6)ccc5-c5ccccc5)n4)ccc3c2)cc1. The summed E-state index contributed by atoms with van der Waals surface area (Å²) < 4.78 is 0. The molecular formula is C60H38N4. The van der Waals surface area contributed by atoms with E-state index in [1.54, 1.807) is 0 Å². The molecule has 0 bridgehead atoms. The number of nitrogens with zero attached hydrogens (tertiary/aromatic N) is 4. The van der Waals surface area contributed by atoms with E-state index in [1.165, 1.54) is 21.9 Å². The van der Waals surface area contributed by atoms with Crippen molar-refractivity contribution in [3.05, 3.63) is 236 Å². The Balaban J connectivity index is 1.04. The lowest BCUT2D eigenvalue weighted by Crippen LogP contribution is -2.01. The van der Waals surface area contributed by atoms with Crippen LogP contribution in [0.2, 0.25) is 0 Å². The summed E-state index contributed by atoms with van der Waals surface area (Å²) >= 11 is 0. The van der Waals surface area contributed by atoms with Crippen molar-refractivity contribution in [2.45, 2.75) is 0 Å². The summed E-state index contributed by atoms with van der Waals surface area (Å²) in [5.41, 5.74) is 14.5. The Labute approximate surface area is 372 Å². The van der Waals surface area contributed by atoms with Crippen LogP contribution in [0.25, 0.3) is 111 Å². The highest BCUT2D eigenvalue weighted by Gasteiger charge is 2.18. The van der Waals surface area contributed by atoms with Crippen LogP contribution in [0.5, 0.6) is 0 Å². The Morgan fingerprint density at radius 2 is 0.719 bits per heavy atom. The molecule has 298 valence electrons. The van der Waals surface area contributed by atoms with E-state index >= 15 is 0 Å². The number of hydrogen-bond donors (Lipinski definition) is 0. The minimum atomic E-state index is 0.592. The topological polar surface area (TPSA) is 62.5 Å². The molecule has 0 saturated carbocycles. The lowest BCUT2D eigenvalue weighted by molar-refractivity contribution is 1.07. The van der Waals surface area contributed by atoms with Gasteiger partial charge in [-0.1, -0.05) is 200 Å². The van der Waals surface area contributed by atoms with E-state index in [9.17, 15) is 5.26 Å². The molecule has 0 spiro atoms. The van der Waals surface area contributed by atoms with E-state index in [0.717, 1.165) is 72.0 Å². The smallest absolute Gasteiger partial charge is 0.164 e. The van der Waals surface area contributed by atoms with Gasteiger partial charge in [-0.3, -0.25) is 0 Å². The van der Waals surface area contributed by atoms with E-state index in [1.807, 2.05) is 36.4 Å². The number of fused-ring (bicyclic) bond motifs is 2. The Bertz CT molecular complexity index is 3510. The van der Waals surface area contributed by atoms with Crippen LogP contribution in [0.15, 0.2) is 231 Å². The second-order valence-corrected chi connectivity index (χ2v) is 15.9. The third kappa shape index (κ3) is 7.49. The summed E-state index contributed by atoms with van der Waals surface area (Å²) in [5.74, 6) is 1.78. The van der Waals surface area contributed by atoms with Crippen LogP contribution in [0.3, 0.4) is 0 Å². The number of hydrogen-bond acceptors (Lipinski definition) is 4. The summed E-state index contributed by atoms with van der Waals surface area (Å²) in [7, 11) is 0. The highest BCUT2D eigenvalue weighted by molar-refractivity contribution is 5.97. The zero-order chi connectivity index (χ0) is 42.8. The molecule has 0 unspecified atom stereocenters. The highest BCUT2D eigenvalue weighted by atomic mass is 15.0. The van der Waals surface area contributed by atoms with Gasteiger partial charge >= 0.3 is 0 Å². The fraction of sp³-hybridized carbons (Fsp3) is 0. The summed E-state index contributed by atoms with van der Waals surface area (Å²) in [6.07, 6.45) is 0. The highest BCUT2D eigenvalue weighted by Crippen LogP contribution is 2.38. The lowest BCUT2D eigenvalue weighted by Gasteiger charge is -2.15. The van der Waals surface area contributed by atoms with E-state index in [0.29, 0.717) is 23.0 Å². The third-order valence-corrected chi connectivity index (χ3v) is 12.0. The van der Waals surface area contributed by atoms with E-state index in [-0.39, 0.29) is 0 Å². The Morgan fingerprint density at radius 3 is 1.42 bits per heavy atom. The van der Waals surface area contributed by atoms with E-state index < -0.39 is 0 Å². The van der Waals surface area contributed by atoms with Gasteiger partial charge in [0, 0.05) is 16.7 Å². The average molecular weight is 815 g/mol. The quantitative estimate of drug-likeness (QED) is 0.153. The van der Waals surface area contributed by atoms with Crippen LogP contribution in [0, 0.1) is 11.3 Å². The van der Waals surface area contributed by atoms with Gasteiger partial charge in [0.15, 0.2) is 17.5 Å². The molecule has 1 heterocycles. The molecule has 11 aromatic rings. The van der Waals surface area contributed by atoms with Crippen molar-refractivity contribution in [3.63, 3.8) is 0 Å². The van der Waals surface area contributed by atoms with Crippen LogP contribution < -0.4 is 0 Å². The zero-order valence-electron chi connectivity index (χ0n) is 34.7. The predicted molar refractivity (Wildman–Crippen MR) is 263 cm³/mol. The minimum absolute atomic E-state index is 0.592. The van der Waals surface area contributed by atoms with Gasteiger partial charge in [0.1, 0.15) is 0 Å². The molecule has 0 aliphatic rings. The second kappa shape index (κ2) is 16.6. The molecule has 0 atom stereocenters. The van der Waals surface area contributed by atoms with Crippen molar-refractivity contribution in [3.8, 4) is 95.9 Å². The first-order valence-electron chi connectivity index (χ1n) is 21.4. The predicted octanol–water partition coefficient (Wildman–Crippen LogP) is 15.4. The van der Waals surface area contributed by atoms with Gasteiger partial charge in [0.2, 0.25) is 0 Å². The number of rotatable bonds is 8.